The number of allylic oxidation sites excluding steroid dienone is 3. The van der Waals surface area contributed by atoms with Crippen LogP contribution in [0.25, 0.3) is 0 Å². The molecule has 4 heterocycles. The van der Waals surface area contributed by atoms with Crippen LogP contribution in [0.3, 0.4) is 0 Å². The van der Waals surface area contributed by atoms with Crippen LogP contribution >= 0.6 is 0 Å². The largest absolute Gasteiger partial charge is 0.455 e. The Morgan fingerprint density at radius 1 is 0.732 bits per heavy atom. The molecule has 14 nitrogen and oxygen atoms in total. The zero-order valence-corrected chi connectivity index (χ0v) is 33.8. The zero-order valence-electron chi connectivity index (χ0n) is 33.8. The van der Waals surface area contributed by atoms with E-state index in [2.05, 4.69) is 46.8 Å². The van der Waals surface area contributed by atoms with Gasteiger partial charge in [-0.25, -0.2) is 0 Å². The highest BCUT2D eigenvalue weighted by molar-refractivity contribution is 5.86. The van der Waals surface area contributed by atoms with Crippen molar-refractivity contribution in [2.24, 2.45) is 38.9 Å². The van der Waals surface area contributed by atoms with Crippen molar-refractivity contribution in [1.82, 2.24) is 0 Å². The van der Waals surface area contributed by atoms with Crippen LogP contribution in [0.15, 0.2) is 23.3 Å². The van der Waals surface area contributed by atoms with E-state index in [1.165, 1.54) is 0 Å². The molecule has 3 saturated carbocycles. The molecule has 19 unspecified atom stereocenters. The Morgan fingerprint density at radius 3 is 2.00 bits per heavy atom. The zero-order chi connectivity index (χ0) is 40.8. The van der Waals surface area contributed by atoms with Gasteiger partial charge in [0.1, 0.15) is 60.0 Å². The Labute approximate surface area is 328 Å². The average Bonchev–Trinajstić information content (AvgIpc) is 3.13. The van der Waals surface area contributed by atoms with Gasteiger partial charge in [0.2, 0.25) is 0 Å². The van der Waals surface area contributed by atoms with Crippen LogP contribution in [0, 0.1) is 38.9 Å². The van der Waals surface area contributed by atoms with Crippen LogP contribution in [0.5, 0.6) is 0 Å². The second kappa shape index (κ2) is 13.2. The van der Waals surface area contributed by atoms with Crippen LogP contribution < -0.4 is 0 Å². The lowest BCUT2D eigenvalue weighted by Gasteiger charge is -2.71. The number of aliphatic hydroxyl groups excluding tert-OH is 7. The number of fused-ring (bicyclic) bond motifs is 7. The third-order valence-electron chi connectivity index (χ3n) is 17.4. The summed E-state index contributed by atoms with van der Waals surface area (Å²) in [5.41, 5.74) is -2.17. The maximum absolute atomic E-state index is 13.7. The van der Waals surface area contributed by atoms with Gasteiger partial charge in [-0.3, -0.25) is 4.79 Å². The lowest BCUT2D eigenvalue weighted by Crippen LogP contribution is -2.71. The monoisotopic (exact) mass is 792 g/mol. The van der Waals surface area contributed by atoms with Gasteiger partial charge in [0.05, 0.1) is 24.7 Å². The molecular weight excluding hydrogens is 728 g/mol. The fourth-order valence-electron chi connectivity index (χ4n) is 13.6. The molecular formula is C42H64O14. The van der Waals surface area contributed by atoms with Gasteiger partial charge in [-0.05, 0) is 110 Å². The summed E-state index contributed by atoms with van der Waals surface area (Å²) >= 11 is 0. The highest BCUT2D eigenvalue weighted by atomic mass is 16.8. The van der Waals surface area contributed by atoms with Crippen molar-refractivity contribution in [1.29, 1.82) is 0 Å². The number of rotatable bonds is 6. The van der Waals surface area contributed by atoms with E-state index in [9.17, 15) is 45.6 Å². The summed E-state index contributed by atoms with van der Waals surface area (Å²) in [4.78, 5) is 13.7. The molecule has 0 radical (unpaired) electrons. The second-order valence-corrected chi connectivity index (χ2v) is 20.2. The molecule has 56 heavy (non-hydrogen) atoms. The molecule has 19 atom stereocenters. The molecule has 5 aliphatic carbocycles. The van der Waals surface area contributed by atoms with Gasteiger partial charge >= 0.3 is 5.97 Å². The minimum Gasteiger partial charge on any atom is -0.455 e. The van der Waals surface area contributed by atoms with Gasteiger partial charge in [-0.1, -0.05) is 46.8 Å². The summed E-state index contributed by atoms with van der Waals surface area (Å²) in [6, 6.07) is 0. The first kappa shape index (κ1) is 41.2. The SMILES string of the molecule is CC1(C)C(OC2OC(CO)C(O)C(O)C2OC2OC(CO)C(O)C(O)C2O)CCC2(C)C1CCC1(C)C2C=CC2=C3C4(CCC(C)(OC4=O)C3(C)O)CCC21C. The molecule has 1 spiro atoms. The standard InChI is InChI=1S/C42H64O14/c1-36(2)23-10-13-39(5)24(9-8-20-32-41(7,51)40(6)15-17-42(32,35(50)56-40)16-14-38(20,39)4)37(23,3)12-11-25(36)54-34-31(29(48)27(46)22(19-44)53-34)55-33-30(49)28(47)26(45)21(18-43)52-33/h8-9,21-31,33-34,43-49,51H,10-19H2,1-7H3. The molecule has 0 aromatic heterocycles. The van der Waals surface area contributed by atoms with Crippen LogP contribution in [-0.2, 0) is 28.5 Å². The Hall–Kier alpha value is -1.53. The van der Waals surface area contributed by atoms with Crippen molar-refractivity contribution in [2.45, 2.75) is 179 Å². The normalized spacial score (nSPS) is 56.1. The summed E-state index contributed by atoms with van der Waals surface area (Å²) in [6.07, 6.45) is -5.03. The highest BCUT2D eigenvalue weighted by Gasteiger charge is 2.73. The van der Waals surface area contributed by atoms with E-state index >= 15 is 0 Å². The Balaban J connectivity index is 1.09. The molecule has 316 valence electrons. The first-order valence-corrected chi connectivity index (χ1v) is 20.7. The molecule has 9 aliphatic rings. The van der Waals surface area contributed by atoms with E-state index in [-0.39, 0.29) is 34.1 Å². The third kappa shape index (κ3) is 5.27. The van der Waals surface area contributed by atoms with Gasteiger partial charge < -0.3 is 64.5 Å². The molecule has 8 N–H and O–H groups in total. The second-order valence-electron chi connectivity index (χ2n) is 20.2. The summed E-state index contributed by atoms with van der Waals surface area (Å²) < 4.78 is 30.4. The molecule has 4 saturated heterocycles. The van der Waals surface area contributed by atoms with Crippen molar-refractivity contribution in [3.05, 3.63) is 23.3 Å². The summed E-state index contributed by atoms with van der Waals surface area (Å²) in [5.74, 6) is 0.146. The average molecular weight is 793 g/mol. The van der Waals surface area contributed by atoms with Crippen LogP contribution in [0.1, 0.15) is 99.8 Å². The Kier molecular flexibility index (Phi) is 9.74. The molecule has 7 fully saturated rings. The lowest BCUT2D eigenvalue weighted by atomic mass is 9.35. The third-order valence-corrected chi connectivity index (χ3v) is 17.4. The predicted octanol–water partition coefficient (Wildman–Crippen LogP) is 1.37. The minimum atomic E-state index is -1.76. The van der Waals surface area contributed by atoms with Crippen molar-refractivity contribution in [3.8, 4) is 0 Å². The van der Waals surface area contributed by atoms with E-state index in [1.807, 2.05) is 13.8 Å². The summed E-state index contributed by atoms with van der Waals surface area (Å²) in [6.45, 7) is 13.9. The number of esters is 1. The van der Waals surface area contributed by atoms with Crippen molar-refractivity contribution < 1.29 is 69.3 Å². The van der Waals surface area contributed by atoms with Crippen LogP contribution in [0.2, 0.25) is 0 Å². The first-order chi connectivity index (χ1) is 26.1. The molecule has 14 heteroatoms. The number of aliphatic hydroxyl groups is 8. The quantitative estimate of drug-likeness (QED) is 0.141. The number of hydrogen-bond acceptors (Lipinski definition) is 14. The Bertz CT molecular complexity index is 1640. The lowest BCUT2D eigenvalue weighted by molar-refractivity contribution is -0.378. The highest BCUT2D eigenvalue weighted by Crippen LogP contribution is 2.75. The summed E-state index contributed by atoms with van der Waals surface area (Å²) in [7, 11) is 0. The molecule has 0 aromatic carbocycles. The van der Waals surface area contributed by atoms with Gasteiger partial charge in [0.15, 0.2) is 12.6 Å². The van der Waals surface area contributed by atoms with E-state index in [0.717, 1.165) is 36.8 Å². The molecule has 0 amide bonds. The first-order valence-electron chi connectivity index (χ1n) is 20.7. The van der Waals surface area contributed by atoms with Crippen molar-refractivity contribution >= 4 is 5.97 Å². The van der Waals surface area contributed by atoms with Gasteiger partial charge in [-0.15, -0.1) is 0 Å². The topological polar surface area (TPSA) is 225 Å². The Morgan fingerprint density at radius 2 is 1.36 bits per heavy atom. The molecule has 4 aliphatic heterocycles. The van der Waals surface area contributed by atoms with Gasteiger partial charge in [0, 0.05) is 0 Å². The molecule has 9 rings (SSSR count). The van der Waals surface area contributed by atoms with Crippen LogP contribution in [-0.4, -0.2) is 139 Å². The number of hydrogen-bond donors (Lipinski definition) is 8. The number of carbonyl (C=O) groups excluding carboxylic acids is 1. The molecule has 2 bridgehead atoms. The predicted molar refractivity (Wildman–Crippen MR) is 197 cm³/mol. The van der Waals surface area contributed by atoms with Crippen molar-refractivity contribution in [3.63, 3.8) is 0 Å². The van der Waals surface area contributed by atoms with Crippen molar-refractivity contribution in [2.75, 3.05) is 13.2 Å². The van der Waals surface area contributed by atoms with E-state index in [1.54, 1.807) is 0 Å². The van der Waals surface area contributed by atoms with E-state index < -0.39 is 103 Å². The van der Waals surface area contributed by atoms with E-state index in [4.69, 9.17) is 23.7 Å². The fourth-order valence-corrected chi connectivity index (χ4v) is 13.6. The summed E-state index contributed by atoms with van der Waals surface area (Å²) in [5, 5.41) is 85.7. The van der Waals surface area contributed by atoms with Crippen LogP contribution in [0.4, 0.5) is 0 Å². The maximum Gasteiger partial charge on any atom is 0.317 e. The number of ether oxygens (including phenoxy) is 5. The van der Waals surface area contributed by atoms with Gasteiger partial charge in [-0.2, -0.15) is 0 Å². The number of carbonyl (C=O) groups is 1. The van der Waals surface area contributed by atoms with Gasteiger partial charge in [0.25, 0.3) is 0 Å². The smallest absolute Gasteiger partial charge is 0.317 e. The fraction of sp³-hybridized carbons (Fsp3) is 0.881. The minimum absolute atomic E-state index is 0.164. The molecule has 0 aromatic rings. The van der Waals surface area contributed by atoms with E-state index in [0.29, 0.717) is 25.7 Å². The maximum atomic E-state index is 13.7.